The van der Waals surface area contributed by atoms with Gasteiger partial charge in [-0.15, -0.1) is 23.4 Å². The molecule has 6 heteroatoms. The largest absolute Gasteiger partial charge is 0.507 e. The van der Waals surface area contributed by atoms with Crippen LogP contribution in [0.1, 0.15) is 0 Å². The highest BCUT2D eigenvalue weighted by atomic mass is 35.5. The zero-order chi connectivity index (χ0) is 11.5. The topological polar surface area (TPSA) is 20.2 Å². The van der Waals surface area contributed by atoms with Crippen LogP contribution in [0.3, 0.4) is 0 Å². The van der Waals surface area contributed by atoms with Gasteiger partial charge in [-0.05, 0) is 12.1 Å². The molecular formula is C9H8ClF3OS. The van der Waals surface area contributed by atoms with E-state index >= 15 is 0 Å². The molecule has 1 aromatic carbocycles. The molecule has 0 aliphatic carbocycles. The van der Waals surface area contributed by atoms with Crippen LogP contribution in [-0.4, -0.2) is 22.4 Å². The third-order valence-electron chi connectivity index (χ3n) is 1.64. The summed E-state index contributed by atoms with van der Waals surface area (Å²) in [6, 6.07) is 5.86. The molecule has 1 N–H and O–H groups in total. The van der Waals surface area contributed by atoms with Gasteiger partial charge in [-0.25, -0.2) is 0 Å². The molecule has 0 amide bonds. The van der Waals surface area contributed by atoms with Crippen LogP contribution >= 0.6 is 23.4 Å². The van der Waals surface area contributed by atoms with E-state index in [1.54, 1.807) is 12.1 Å². The SMILES string of the molecule is Oc1ccccc1SC(CCl)C(F)(F)F. The zero-order valence-electron chi connectivity index (χ0n) is 7.46. The van der Waals surface area contributed by atoms with Gasteiger partial charge in [0, 0.05) is 10.8 Å². The number of aromatic hydroxyl groups is 1. The number of hydrogen-bond acceptors (Lipinski definition) is 2. The Kier molecular flexibility index (Phi) is 4.16. The molecule has 1 atom stereocenters. The summed E-state index contributed by atoms with van der Waals surface area (Å²) in [7, 11) is 0. The number of para-hydroxylation sites is 1. The summed E-state index contributed by atoms with van der Waals surface area (Å²) < 4.78 is 37.1. The fourth-order valence-electron chi connectivity index (χ4n) is 0.896. The Bertz CT molecular complexity index is 329. The number of halogens is 4. The molecule has 0 saturated carbocycles. The highest BCUT2D eigenvalue weighted by Gasteiger charge is 2.40. The standard InChI is InChI=1S/C9H8ClF3OS/c10-5-8(9(11,12)13)15-7-4-2-1-3-6(7)14/h1-4,8,14H,5H2. The van der Waals surface area contributed by atoms with Crippen molar-refractivity contribution >= 4 is 23.4 Å². The predicted octanol–water partition coefficient (Wildman–Crippen LogP) is 3.65. The monoisotopic (exact) mass is 256 g/mol. The number of phenols is 1. The maximum absolute atomic E-state index is 12.4. The van der Waals surface area contributed by atoms with Crippen molar-refractivity contribution < 1.29 is 18.3 Å². The van der Waals surface area contributed by atoms with Crippen LogP contribution in [0.4, 0.5) is 13.2 Å². The van der Waals surface area contributed by atoms with Gasteiger partial charge < -0.3 is 5.11 Å². The number of thioether (sulfide) groups is 1. The Morgan fingerprint density at radius 2 is 1.93 bits per heavy atom. The lowest BCUT2D eigenvalue weighted by Crippen LogP contribution is -2.27. The van der Waals surface area contributed by atoms with E-state index in [-0.39, 0.29) is 10.6 Å². The summed E-state index contributed by atoms with van der Waals surface area (Å²) >= 11 is 5.75. The van der Waals surface area contributed by atoms with Crippen LogP contribution in [0.15, 0.2) is 29.2 Å². The Morgan fingerprint density at radius 1 is 1.33 bits per heavy atom. The third kappa shape index (κ3) is 3.50. The molecule has 0 aromatic heterocycles. The maximum Gasteiger partial charge on any atom is 0.402 e. The van der Waals surface area contributed by atoms with Crippen LogP contribution in [0.2, 0.25) is 0 Å². The molecule has 0 spiro atoms. The molecule has 0 heterocycles. The molecule has 0 fully saturated rings. The van der Waals surface area contributed by atoms with Crippen molar-refractivity contribution in [2.75, 3.05) is 5.88 Å². The fourth-order valence-corrected chi connectivity index (χ4v) is 2.11. The van der Waals surface area contributed by atoms with Crippen LogP contribution < -0.4 is 0 Å². The minimum Gasteiger partial charge on any atom is -0.507 e. The van der Waals surface area contributed by atoms with E-state index in [0.717, 1.165) is 0 Å². The molecule has 0 aliphatic heterocycles. The summed E-state index contributed by atoms with van der Waals surface area (Å²) in [5.74, 6) is -0.704. The van der Waals surface area contributed by atoms with E-state index in [9.17, 15) is 18.3 Å². The second-order valence-electron chi connectivity index (χ2n) is 2.77. The molecular weight excluding hydrogens is 249 g/mol. The van der Waals surface area contributed by atoms with Gasteiger partial charge in [-0.2, -0.15) is 13.2 Å². The highest BCUT2D eigenvalue weighted by Crippen LogP contribution is 2.39. The smallest absolute Gasteiger partial charge is 0.402 e. The summed E-state index contributed by atoms with van der Waals surface area (Å²) in [6.07, 6.45) is -4.37. The first-order valence-corrected chi connectivity index (χ1v) is 5.44. The van der Waals surface area contributed by atoms with E-state index < -0.39 is 17.3 Å². The quantitative estimate of drug-likeness (QED) is 0.658. The first kappa shape index (κ1) is 12.5. The Morgan fingerprint density at radius 3 is 2.40 bits per heavy atom. The van der Waals surface area contributed by atoms with Gasteiger partial charge in [0.1, 0.15) is 11.0 Å². The zero-order valence-corrected chi connectivity index (χ0v) is 9.03. The minimum atomic E-state index is -4.37. The van der Waals surface area contributed by atoms with E-state index in [2.05, 4.69) is 0 Å². The van der Waals surface area contributed by atoms with Gasteiger partial charge in [0.2, 0.25) is 0 Å². The number of rotatable bonds is 3. The van der Waals surface area contributed by atoms with Crippen LogP contribution in [-0.2, 0) is 0 Å². The second-order valence-corrected chi connectivity index (χ2v) is 4.32. The molecule has 0 radical (unpaired) electrons. The van der Waals surface area contributed by atoms with Crippen molar-refractivity contribution in [2.24, 2.45) is 0 Å². The summed E-state index contributed by atoms with van der Waals surface area (Å²) in [6.45, 7) is 0. The molecule has 15 heavy (non-hydrogen) atoms. The molecule has 84 valence electrons. The summed E-state index contributed by atoms with van der Waals surface area (Å²) in [4.78, 5) is 0.181. The number of alkyl halides is 4. The van der Waals surface area contributed by atoms with E-state index in [1.807, 2.05) is 0 Å². The van der Waals surface area contributed by atoms with Crippen molar-refractivity contribution in [1.29, 1.82) is 0 Å². The average Bonchev–Trinajstić information content (AvgIpc) is 2.14. The molecule has 1 nitrogen and oxygen atoms in total. The molecule has 1 unspecified atom stereocenters. The number of hydrogen-bond donors (Lipinski definition) is 1. The first-order chi connectivity index (χ1) is 6.95. The summed E-state index contributed by atoms with van der Waals surface area (Å²) in [5, 5.41) is 7.59. The van der Waals surface area contributed by atoms with Crippen molar-refractivity contribution in [3.8, 4) is 5.75 Å². The van der Waals surface area contributed by atoms with Crippen LogP contribution in [0.25, 0.3) is 0 Å². The fraction of sp³-hybridized carbons (Fsp3) is 0.333. The second kappa shape index (κ2) is 4.99. The Balaban J connectivity index is 2.80. The number of benzene rings is 1. The molecule has 1 aromatic rings. The summed E-state index contributed by atoms with van der Waals surface area (Å²) in [5.41, 5.74) is 0. The first-order valence-electron chi connectivity index (χ1n) is 4.02. The van der Waals surface area contributed by atoms with Gasteiger partial charge in [0.15, 0.2) is 0 Å². The van der Waals surface area contributed by atoms with E-state index in [1.165, 1.54) is 12.1 Å². The lowest BCUT2D eigenvalue weighted by molar-refractivity contribution is -0.124. The van der Waals surface area contributed by atoms with Gasteiger partial charge in [0.05, 0.1) is 0 Å². The van der Waals surface area contributed by atoms with E-state index in [0.29, 0.717) is 11.8 Å². The highest BCUT2D eigenvalue weighted by molar-refractivity contribution is 8.00. The third-order valence-corrected chi connectivity index (χ3v) is 3.45. The molecule has 0 bridgehead atoms. The molecule has 0 aliphatic rings. The van der Waals surface area contributed by atoms with E-state index in [4.69, 9.17) is 11.6 Å². The van der Waals surface area contributed by atoms with Crippen molar-refractivity contribution in [3.63, 3.8) is 0 Å². The van der Waals surface area contributed by atoms with Crippen molar-refractivity contribution in [2.45, 2.75) is 16.3 Å². The van der Waals surface area contributed by atoms with Crippen molar-refractivity contribution in [1.82, 2.24) is 0 Å². The van der Waals surface area contributed by atoms with Gasteiger partial charge in [0.25, 0.3) is 0 Å². The van der Waals surface area contributed by atoms with Crippen LogP contribution in [0.5, 0.6) is 5.75 Å². The Labute approximate surface area is 94.2 Å². The van der Waals surface area contributed by atoms with Gasteiger partial charge >= 0.3 is 6.18 Å². The van der Waals surface area contributed by atoms with Crippen LogP contribution in [0, 0.1) is 0 Å². The molecule has 1 rings (SSSR count). The number of phenolic OH excluding ortho intramolecular Hbond substituents is 1. The predicted molar refractivity (Wildman–Crippen MR) is 54.5 cm³/mol. The maximum atomic E-state index is 12.4. The average molecular weight is 257 g/mol. The lowest BCUT2D eigenvalue weighted by atomic mass is 10.3. The normalized spacial score (nSPS) is 13.9. The minimum absolute atomic E-state index is 0.165. The van der Waals surface area contributed by atoms with Gasteiger partial charge in [-0.1, -0.05) is 12.1 Å². The Hall–Kier alpha value is -0.550. The lowest BCUT2D eigenvalue weighted by Gasteiger charge is -2.17. The van der Waals surface area contributed by atoms with Crippen molar-refractivity contribution in [3.05, 3.63) is 24.3 Å². The molecule has 0 saturated heterocycles. The van der Waals surface area contributed by atoms with Gasteiger partial charge in [-0.3, -0.25) is 0 Å².